The molecule has 118 heavy (non-hydrogen) atoms. The first-order valence-corrected chi connectivity index (χ1v) is 43.3. The topological polar surface area (TPSA) is 16.3 Å². The van der Waals surface area contributed by atoms with E-state index in [2.05, 4.69) is 431 Å². The SMILES string of the molecule is [2H]C([2H])(c1cc2c3c(c1)N(c1cc(-c4ccccc4)c(CC(C)(C)C)cc1-c1ccccc1)c1cc(-n4c5ccc(CC(C)(C)C)cc5c5cc(CC(C)(C)C)ccc54)ccc1B3c1ccc(-n3c4ccc(CC(C)(C)C)cc4c4cc(CC(C)(C)C)ccc43)cc1N2c1cc(-c2ccccc2)c(CC(C)(C)C)cc1-c1ccccc1)C(C)(C)C. The lowest BCUT2D eigenvalue weighted by Gasteiger charge is -2.46. The third-order valence-corrected chi connectivity index (χ3v) is 23.5. The lowest BCUT2D eigenvalue weighted by Crippen LogP contribution is -2.61. The zero-order valence-corrected chi connectivity index (χ0v) is 74.0. The van der Waals surface area contributed by atoms with Gasteiger partial charge in [-0.3, -0.25) is 0 Å². The summed E-state index contributed by atoms with van der Waals surface area (Å²) < 4.78 is 27.1. The van der Waals surface area contributed by atoms with Gasteiger partial charge in [-0.15, -0.1) is 0 Å². The van der Waals surface area contributed by atoms with Crippen LogP contribution in [0.25, 0.3) is 99.5 Å². The van der Waals surface area contributed by atoms with E-state index in [1.165, 1.54) is 66.1 Å². The molecular formula is C113H121BN4. The minimum Gasteiger partial charge on any atom is -0.311 e. The molecule has 0 aliphatic carbocycles. The second-order valence-corrected chi connectivity index (χ2v) is 42.9. The molecule has 0 saturated carbocycles. The molecule has 596 valence electrons. The Hall–Kier alpha value is -10.9. The Morgan fingerprint density at radius 1 is 0.246 bits per heavy atom. The summed E-state index contributed by atoms with van der Waals surface area (Å²) in [7, 11) is 0. The van der Waals surface area contributed by atoms with Gasteiger partial charge < -0.3 is 18.9 Å². The van der Waals surface area contributed by atoms with Gasteiger partial charge in [0.25, 0.3) is 6.71 Å². The molecule has 5 heteroatoms. The Labute approximate surface area is 707 Å². The van der Waals surface area contributed by atoms with Crippen LogP contribution in [-0.2, 0) is 44.9 Å². The summed E-state index contributed by atoms with van der Waals surface area (Å²) in [5.74, 6) is 0. The standard InChI is InChI=1S/C113H121BN4/c1-107(2,3)66-73-42-50-96-90(54-73)91-55-74(67-108(4,5)6)43-51-97(91)115(96)84-46-48-94-102(62-84)117(100-64-86(78-34-26-22-27-35-78)82(71-112(16,17)18)60-88(100)80-38-30-24-31-39-80)104-58-77(70-111(13,14)15)59-105-106(104)114(94)95-49-47-85(116-98-52-44-75(68-109(7,8)9)56-92(98)93-57-76(45-53-99(93)116)69-110(10,11)12)63-103(95)118(105)101-65-87(79-36-28-23-29-37-79)83(72-113(19,20)21)61-89(101)81-40-32-25-33-41-81/h22-65H,66-72H2,1-21H3/i70D2. The molecule has 2 aromatic heterocycles. The highest BCUT2D eigenvalue weighted by Gasteiger charge is 2.46. The van der Waals surface area contributed by atoms with Crippen LogP contribution in [0.3, 0.4) is 0 Å². The van der Waals surface area contributed by atoms with E-state index >= 15 is 0 Å². The summed E-state index contributed by atoms with van der Waals surface area (Å²) >= 11 is 0. The predicted octanol–water partition coefficient (Wildman–Crippen LogP) is 29.8. The lowest BCUT2D eigenvalue weighted by molar-refractivity contribution is 0.411. The second kappa shape index (κ2) is 29.6. The van der Waals surface area contributed by atoms with Crippen molar-refractivity contribution in [2.24, 2.45) is 37.9 Å². The van der Waals surface area contributed by atoms with Gasteiger partial charge in [-0.05, 0) is 281 Å². The number of hydrogen-bond donors (Lipinski definition) is 0. The molecule has 2 aliphatic rings. The molecule has 0 amide bonds. The maximum atomic E-state index is 11.0. The number of benzene rings is 13. The number of hydrogen-bond acceptors (Lipinski definition) is 2. The van der Waals surface area contributed by atoms with Crippen molar-refractivity contribution < 1.29 is 2.74 Å². The van der Waals surface area contributed by atoms with Crippen LogP contribution in [0, 0.1) is 37.9 Å². The molecule has 0 spiro atoms. The minimum atomic E-state index is -1.89. The predicted molar refractivity (Wildman–Crippen MR) is 513 cm³/mol. The minimum absolute atomic E-state index is 0.0679. The van der Waals surface area contributed by atoms with Gasteiger partial charge in [0, 0.05) is 69.5 Å². The van der Waals surface area contributed by atoms with E-state index in [9.17, 15) is 2.74 Å². The van der Waals surface area contributed by atoms with Gasteiger partial charge in [0.05, 0.1) is 33.4 Å². The van der Waals surface area contributed by atoms with Crippen LogP contribution in [0.2, 0.25) is 0 Å². The molecule has 15 aromatic rings. The van der Waals surface area contributed by atoms with E-state index in [0.29, 0.717) is 5.56 Å². The van der Waals surface area contributed by atoms with Crippen LogP contribution in [0.5, 0.6) is 0 Å². The molecule has 0 radical (unpaired) electrons. The average molecular weight is 1550 g/mol. The van der Waals surface area contributed by atoms with Crippen LogP contribution in [0.15, 0.2) is 267 Å². The molecule has 0 bridgehead atoms. The Bertz CT molecular complexity index is 5940. The van der Waals surface area contributed by atoms with Gasteiger partial charge in [-0.1, -0.05) is 303 Å². The molecule has 13 aromatic carbocycles. The second-order valence-electron chi connectivity index (χ2n) is 42.9. The van der Waals surface area contributed by atoms with Gasteiger partial charge in [0.15, 0.2) is 0 Å². The average Bonchev–Trinajstić information content (AvgIpc) is 0.739. The van der Waals surface area contributed by atoms with Crippen molar-refractivity contribution in [2.45, 2.75) is 190 Å². The monoisotopic (exact) mass is 1550 g/mol. The summed E-state index contributed by atoms with van der Waals surface area (Å²) in [5.41, 5.74) is 33.0. The molecule has 17 rings (SSSR count). The maximum absolute atomic E-state index is 11.0. The zero-order chi connectivity index (χ0) is 84.9. The molecule has 4 nitrogen and oxygen atoms in total. The fourth-order valence-corrected chi connectivity index (χ4v) is 19.5. The van der Waals surface area contributed by atoms with E-state index in [-0.39, 0.29) is 39.2 Å². The van der Waals surface area contributed by atoms with Crippen molar-refractivity contribution >= 4 is 101 Å². The van der Waals surface area contributed by atoms with E-state index in [4.69, 9.17) is 0 Å². The summed E-state index contributed by atoms with van der Waals surface area (Å²) in [6.07, 6.45) is 3.58. The van der Waals surface area contributed by atoms with E-state index in [1.54, 1.807) is 0 Å². The van der Waals surface area contributed by atoms with Crippen LogP contribution >= 0.6 is 0 Å². The Balaban J connectivity index is 1.05. The molecule has 0 fully saturated rings. The van der Waals surface area contributed by atoms with E-state index in [1.807, 2.05) is 0 Å². The van der Waals surface area contributed by atoms with Crippen LogP contribution in [0.1, 0.15) is 187 Å². The number of fused-ring (bicyclic) bond motifs is 10. The molecular weight excluding hydrogens is 1420 g/mol. The van der Waals surface area contributed by atoms with E-state index < -0.39 is 11.8 Å². The highest BCUT2D eigenvalue weighted by molar-refractivity contribution is 7.00. The maximum Gasteiger partial charge on any atom is 0.252 e. The van der Waals surface area contributed by atoms with Crippen molar-refractivity contribution in [3.63, 3.8) is 0 Å². The summed E-state index contributed by atoms with van der Waals surface area (Å²) in [4.78, 5) is 5.22. The zero-order valence-electron chi connectivity index (χ0n) is 76.0. The molecule has 0 unspecified atom stereocenters. The molecule has 2 aliphatic heterocycles. The van der Waals surface area contributed by atoms with Gasteiger partial charge in [-0.25, -0.2) is 0 Å². The van der Waals surface area contributed by atoms with Gasteiger partial charge in [-0.2, -0.15) is 0 Å². The normalized spacial score (nSPS) is 13.9. The largest absolute Gasteiger partial charge is 0.311 e. The Kier molecular flexibility index (Phi) is 19.3. The van der Waals surface area contributed by atoms with Gasteiger partial charge in [0.1, 0.15) is 0 Å². The summed E-state index contributed by atoms with van der Waals surface area (Å²) in [6, 6.07) is 103. The summed E-state index contributed by atoms with van der Waals surface area (Å²) in [5, 5.41) is 5.01. The van der Waals surface area contributed by atoms with Crippen LogP contribution in [-0.4, -0.2) is 15.8 Å². The number of aromatic nitrogens is 2. The number of rotatable bonds is 15. The van der Waals surface area contributed by atoms with Gasteiger partial charge >= 0.3 is 0 Å². The first kappa shape index (κ1) is 77.1. The Morgan fingerprint density at radius 2 is 0.534 bits per heavy atom. The fourth-order valence-electron chi connectivity index (χ4n) is 19.5. The quantitative estimate of drug-likeness (QED) is 0.0951. The van der Waals surface area contributed by atoms with Gasteiger partial charge in [0.2, 0.25) is 0 Å². The molecule has 4 heterocycles. The number of anilines is 6. The van der Waals surface area contributed by atoms with Crippen LogP contribution < -0.4 is 26.2 Å². The molecule has 0 N–H and O–H groups in total. The molecule has 0 saturated heterocycles. The fraction of sp³-hybridized carbons (Fsp3) is 0.310. The van der Waals surface area contributed by atoms with Crippen LogP contribution in [0.4, 0.5) is 34.1 Å². The summed E-state index contributed by atoms with van der Waals surface area (Å²) in [6.45, 7) is 48.2. The third-order valence-electron chi connectivity index (χ3n) is 23.5. The highest BCUT2D eigenvalue weighted by atomic mass is 15.2. The van der Waals surface area contributed by atoms with Crippen molar-refractivity contribution in [3.8, 4) is 55.9 Å². The van der Waals surface area contributed by atoms with Crippen molar-refractivity contribution in [1.82, 2.24) is 9.13 Å². The molecule has 0 atom stereocenters. The smallest absolute Gasteiger partial charge is 0.252 e. The van der Waals surface area contributed by atoms with E-state index in [0.717, 1.165) is 156 Å². The highest BCUT2D eigenvalue weighted by Crippen LogP contribution is 2.54. The third kappa shape index (κ3) is 16.1. The van der Waals surface area contributed by atoms with Crippen molar-refractivity contribution in [1.29, 1.82) is 0 Å². The Morgan fingerprint density at radius 3 is 0.814 bits per heavy atom. The van der Waals surface area contributed by atoms with Crippen molar-refractivity contribution in [2.75, 3.05) is 9.80 Å². The number of nitrogens with zero attached hydrogens (tertiary/aromatic N) is 4. The first-order chi connectivity index (χ1) is 56.6. The first-order valence-electron chi connectivity index (χ1n) is 44.3. The van der Waals surface area contributed by atoms with Crippen molar-refractivity contribution in [3.05, 3.63) is 306 Å². The lowest BCUT2D eigenvalue weighted by atomic mass is 9.33.